The standard InChI is InChI=1S/C8H16N2/c1-7(2)5-6-10-8(3)9-4/h7H,4-6H2,1-3H3. The summed E-state index contributed by atoms with van der Waals surface area (Å²) in [5.74, 6) is 1.52. The Morgan fingerprint density at radius 3 is 2.50 bits per heavy atom. The molecule has 0 spiro atoms. The summed E-state index contributed by atoms with van der Waals surface area (Å²) in [5, 5.41) is 0. The van der Waals surface area contributed by atoms with Gasteiger partial charge in [0.2, 0.25) is 0 Å². The molecule has 0 saturated heterocycles. The zero-order chi connectivity index (χ0) is 7.98. The first-order valence-corrected chi connectivity index (χ1v) is 3.64. The first kappa shape index (κ1) is 9.34. The van der Waals surface area contributed by atoms with Gasteiger partial charge in [-0.1, -0.05) is 13.8 Å². The molecule has 0 amide bonds. The highest BCUT2D eigenvalue weighted by molar-refractivity contribution is 5.83. The molecule has 0 aromatic heterocycles. The van der Waals surface area contributed by atoms with Gasteiger partial charge in [-0.15, -0.1) is 0 Å². The fourth-order valence-electron chi connectivity index (χ4n) is 0.535. The van der Waals surface area contributed by atoms with Gasteiger partial charge in [0, 0.05) is 6.54 Å². The molecule has 0 radical (unpaired) electrons. The summed E-state index contributed by atoms with van der Waals surface area (Å²) in [5.41, 5.74) is 0. The third kappa shape index (κ3) is 5.48. The average molecular weight is 140 g/mol. The zero-order valence-electron chi connectivity index (χ0n) is 7.09. The average Bonchev–Trinajstić information content (AvgIpc) is 1.87. The predicted molar refractivity (Wildman–Crippen MR) is 47.0 cm³/mol. The van der Waals surface area contributed by atoms with Gasteiger partial charge < -0.3 is 0 Å². The van der Waals surface area contributed by atoms with Crippen LogP contribution in [0.3, 0.4) is 0 Å². The van der Waals surface area contributed by atoms with Crippen LogP contribution in [0.4, 0.5) is 0 Å². The number of hydrogen-bond donors (Lipinski definition) is 0. The monoisotopic (exact) mass is 140 g/mol. The summed E-state index contributed by atoms with van der Waals surface area (Å²) in [7, 11) is 0. The van der Waals surface area contributed by atoms with E-state index in [0.29, 0.717) is 0 Å². The van der Waals surface area contributed by atoms with Crippen LogP contribution in [0.1, 0.15) is 27.2 Å². The highest BCUT2D eigenvalue weighted by Gasteiger charge is 1.90. The van der Waals surface area contributed by atoms with Crippen molar-refractivity contribution in [2.24, 2.45) is 15.9 Å². The first-order chi connectivity index (χ1) is 4.66. The van der Waals surface area contributed by atoms with Gasteiger partial charge in [0.1, 0.15) is 5.84 Å². The summed E-state index contributed by atoms with van der Waals surface area (Å²) in [4.78, 5) is 7.86. The maximum absolute atomic E-state index is 4.17. The lowest BCUT2D eigenvalue weighted by atomic mass is 10.1. The molecule has 0 aromatic carbocycles. The number of hydrogen-bond acceptors (Lipinski definition) is 1. The Balaban J connectivity index is 3.43. The molecular formula is C8H16N2. The quantitative estimate of drug-likeness (QED) is 0.424. The van der Waals surface area contributed by atoms with E-state index in [1.165, 1.54) is 0 Å². The Kier molecular flexibility index (Phi) is 4.81. The van der Waals surface area contributed by atoms with Gasteiger partial charge in [0.15, 0.2) is 0 Å². The van der Waals surface area contributed by atoms with E-state index >= 15 is 0 Å². The highest BCUT2D eigenvalue weighted by Crippen LogP contribution is 1.98. The van der Waals surface area contributed by atoms with Gasteiger partial charge >= 0.3 is 0 Å². The maximum Gasteiger partial charge on any atom is 0.119 e. The molecule has 2 heteroatoms. The van der Waals surface area contributed by atoms with Gasteiger partial charge in [-0.25, -0.2) is 4.99 Å². The topological polar surface area (TPSA) is 24.7 Å². The molecule has 0 saturated carbocycles. The third-order valence-electron chi connectivity index (χ3n) is 1.28. The second-order valence-electron chi connectivity index (χ2n) is 2.77. The largest absolute Gasteiger partial charge is 0.271 e. The summed E-state index contributed by atoms with van der Waals surface area (Å²) in [6, 6.07) is 0. The SMILES string of the molecule is C=NC(C)=NCCC(C)C. The van der Waals surface area contributed by atoms with Crippen molar-refractivity contribution in [3.63, 3.8) is 0 Å². The molecule has 0 fully saturated rings. The van der Waals surface area contributed by atoms with Crippen LogP contribution in [-0.4, -0.2) is 19.1 Å². The molecule has 0 aliphatic heterocycles. The molecule has 0 rings (SSSR count). The van der Waals surface area contributed by atoms with Crippen LogP contribution in [0.5, 0.6) is 0 Å². The van der Waals surface area contributed by atoms with E-state index < -0.39 is 0 Å². The van der Waals surface area contributed by atoms with Crippen LogP contribution in [0.2, 0.25) is 0 Å². The Morgan fingerprint density at radius 2 is 2.10 bits per heavy atom. The van der Waals surface area contributed by atoms with Gasteiger partial charge in [0.25, 0.3) is 0 Å². The van der Waals surface area contributed by atoms with Gasteiger partial charge in [-0.2, -0.15) is 0 Å². The van der Waals surface area contributed by atoms with Crippen LogP contribution in [0.15, 0.2) is 9.98 Å². The Morgan fingerprint density at radius 1 is 1.50 bits per heavy atom. The Hall–Kier alpha value is -0.660. The zero-order valence-corrected chi connectivity index (χ0v) is 7.09. The molecule has 0 atom stereocenters. The van der Waals surface area contributed by atoms with E-state index in [2.05, 4.69) is 30.5 Å². The Bertz CT molecular complexity index is 125. The summed E-state index contributed by atoms with van der Waals surface area (Å²) in [6.45, 7) is 10.5. The summed E-state index contributed by atoms with van der Waals surface area (Å²) < 4.78 is 0. The maximum atomic E-state index is 4.17. The molecular weight excluding hydrogens is 124 g/mol. The molecule has 2 nitrogen and oxygen atoms in total. The van der Waals surface area contributed by atoms with E-state index in [9.17, 15) is 0 Å². The van der Waals surface area contributed by atoms with Crippen molar-refractivity contribution in [1.29, 1.82) is 0 Å². The summed E-state index contributed by atoms with van der Waals surface area (Å²) >= 11 is 0. The van der Waals surface area contributed by atoms with Gasteiger partial charge in [-0.3, -0.25) is 4.99 Å². The van der Waals surface area contributed by atoms with E-state index in [4.69, 9.17) is 0 Å². The smallest absolute Gasteiger partial charge is 0.119 e. The molecule has 0 bridgehead atoms. The van der Waals surface area contributed by atoms with Crippen molar-refractivity contribution in [3.05, 3.63) is 0 Å². The van der Waals surface area contributed by atoms with E-state index in [-0.39, 0.29) is 0 Å². The minimum atomic E-state index is 0.723. The molecule has 0 aliphatic carbocycles. The molecule has 58 valence electrons. The fourth-order valence-corrected chi connectivity index (χ4v) is 0.535. The Labute approximate surface area is 63.1 Å². The second kappa shape index (κ2) is 5.15. The second-order valence-corrected chi connectivity index (χ2v) is 2.77. The van der Waals surface area contributed by atoms with Crippen LogP contribution in [0, 0.1) is 5.92 Å². The summed E-state index contributed by atoms with van der Waals surface area (Å²) in [6.07, 6.45) is 1.13. The molecule has 0 unspecified atom stereocenters. The number of amidine groups is 1. The van der Waals surface area contributed by atoms with E-state index in [1.807, 2.05) is 6.92 Å². The van der Waals surface area contributed by atoms with Crippen LogP contribution in [-0.2, 0) is 0 Å². The molecule has 0 N–H and O–H groups in total. The van der Waals surface area contributed by atoms with E-state index in [1.54, 1.807) is 0 Å². The molecule has 0 aliphatic rings. The number of aliphatic imine (C=N–C) groups is 2. The fraction of sp³-hybridized carbons (Fsp3) is 0.750. The first-order valence-electron chi connectivity index (χ1n) is 3.64. The van der Waals surface area contributed by atoms with Gasteiger partial charge in [0.05, 0.1) is 0 Å². The lowest BCUT2D eigenvalue weighted by Crippen LogP contribution is -1.93. The predicted octanol–water partition coefficient (Wildman–Crippen LogP) is 2.15. The van der Waals surface area contributed by atoms with Gasteiger partial charge in [-0.05, 0) is 26.0 Å². The lowest BCUT2D eigenvalue weighted by Gasteiger charge is -1.99. The molecule has 0 aromatic rings. The van der Waals surface area contributed by atoms with E-state index in [0.717, 1.165) is 24.7 Å². The normalized spacial score (nSPS) is 12.2. The highest BCUT2D eigenvalue weighted by atomic mass is 14.9. The molecule has 10 heavy (non-hydrogen) atoms. The van der Waals surface area contributed by atoms with Crippen LogP contribution >= 0.6 is 0 Å². The van der Waals surface area contributed by atoms with Crippen LogP contribution in [0.25, 0.3) is 0 Å². The number of rotatable bonds is 3. The van der Waals surface area contributed by atoms with Crippen molar-refractivity contribution < 1.29 is 0 Å². The minimum Gasteiger partial charge on any atom is -0.271 e. The van der Waals surface area contributed by atoms with Crippen molar-refractivity contribution in [2.45, 2.75) is 27.2 Å². The number of nitrogens with zero attached hydrogens (tertiary/aromatic N) is 2. The third-order valence-corrected chi connectivity index (χ3v) is 1.28. The molecule has 0 heterocycles. The minimum absolute atomic E-state index is 0.723. The van der Waals surface area contributed by atoms with Crippen molar-refractivity contribution in [1.82, 2.24) is 0 Å². The van der Waals surface area contributed by atoms with Crippen molar-refractivity contribution in [3.8, 4) is 0 Å². The van der Waals surface area contributed by atoms with Crippen LogP contribution < -0.4 is 0 Å². The van der Waals surface area contributed by atoms with Crippen molar-refractivity contribution >= 4 is 12.6 Å². The van der Waals surface area contributed by atoms with Crippen molar-refractivity contribution in [2.75, 3.05) is 6.54 Å². The lowest BCUT2D eigenvalue weighted by molar-refractivity contribution is 0.597.